The highest BCUT2D eigenvalue weighted by Gasteiger charge is 2.41. The number of hydrogen-bond donors (Lipinski definition) is 1. The molecule has 0 radical (unpaired) electrons. The lowest BCUT2D eigenvalue weighted by molar-refractivity contribution is -0.120. The number of para-hydroxylation sites is 1. The van der Waals surface area contributed by atoms with Crippen LogP contribution >= 0.6 is 11.6 Å². The Kier molecular flexibility index (Phi) is 9.04. The van der Waals surface area contributed by atoms with Crippen LogP contribution in [-0.4, -0.2) is 45.9 Å². The number of terminal acetylenes is 1. The first-order chi connectivity index (χ1) is 21.8. The van der Waals surface area contributed by atoms with E-state index in [2.05, 4.69) is 21.0 Å². The summed E-state index contributed by atoms with van der Waals surface area (Å²) in [4.78, 5) is 33.7. The van der Waals surface area contributed by atoms with Crippen LogP contribution in [0.4, 0.5) is 24.5 Å². The molecule has 1 aliphatic carbocycles. The van der Waals surface area contributed by atoms with Gasteiger partial charge in [-0.3, -0.25) is 14.3 Å². The molecule has 1 unspecified atom stereocenters. The second-order valence-electron chi connectivity index (χ2n) is 10.2. The van der Waals surface area contributed by atoms with Gasteiger partial charge >= 0.3 is 0 Å². The number of aromatic nitrogens is 4. The molecule has 3 heterocycles. The molecule has 0 saturated heterocycles. The zero-order valence-electron chi connectivity index (χ0n) is 24.2. The van der Waals surface area contributed by atoms with Gasteiger partial charge in [0.25, 0.3) is 32.8 Å². The average molecular weight is 673 g/mol. The number of anilines is 2. The number of hydrogen-bond acceptors (Lipinski definition) is 8. The molecule has 2 amide bonds. The van der Waals surface area contributed by atoms with E-state index in [1.165, 1.54) is 12.3 Å². The highest BCUT2D eigenvalue weighted by molar-refractivity contribution is 7.92. The molecule has 46 heavy (non-hydrogen) atoms. The third-order valence-electron chi connectivity index (χ3n) is 6.94. The maximum atomic E-state index is 14.4. The van der Waals surface area contributed by atoms with Crippen molar-refractivity contribution in [3.05, 3.63) is 81.9 Å². The standard InChI is InChI=1S/C18H15ClFNO3.C12H9F2N5O2S/c1-3-10(2)24-16-9-15(14(20)8-13(16)19)21-17(22)11-6-4-5-7-12(11)18(21)23;1-7-5-6-19-11(15-7)16-12(17-19)22(20,21)18-10-8(13)3-2-4-9(10)14/h1,8-10H,4-7H2,2H3;2-6,18H,1H3. The van der Waals surface area contributed by atoms with Crippen molar-refractivity contribution in [2.45, 2.75) is 50.8 Å². The molecule has 1 aliphatic heterocycles. The highest BCUT2D eigenvalue weighted by Crippen LogP contribution is 2.39. The fraction of sp³-hybridized carbons (Fsp3) is 0.233. The summed E-state index contributed by atoms with van der Waals surface area (Å²) in [5.41, 5.74) is 0.644. The maximum absolute atomic E-state index is 14.4. The summed E-state index contributed by atoms with van der Waals surface area (Å²) in [6.07, 6.45) is 8.95. The number of carbonyl (C=O) groups is 2. The van der Waals surface area contributed by atoms with E-state index in [-0.39, 0.29) is 22.2 Å². The summed E-state index contributed by atoms with van der Waals surface area (Å²) >= 11 is 5.97. The van der Waals surface area contributed by atoms with Crippen molar-refractivity contribution in [2.24, 2.45) is 0 Å². The number of aryl methyl sites for hydroxylation is 1. The summed E-state index contributed by atoms with van der Waals surface area (Å²) in [5, 5.41) is 3.12. The third kappa shape index (κ3) is 6.40. The van der Waals surface area contributed by atoms with Crippen LogP contribution in [0.25, 0.3) is 5.78 Å². The molecule has 2 aromatic heterocycles. The van der Waals surface area contributed by atoms with E-state index in [4.69, 9.17) is 22.8 Å². The number of benzene rings is 2. The number of rotatable bonds is 6. The van der Waals surface area contributed by atoms with Crippen molar-refractivity contribution in [1.82, 2.24) is 19.6 Å². The first-order valence-electron chi connectivity index (χ1n) is 13.7. The summed E-state index contributed by atoms with van der Waals surface area (Å²) in [6, 6.07) is 6.87. The Labute approximate surface area is 266 Å². The maximum Gasteiger partial charge on any atom is 0.299 e. The number of halogens is 4. The van der Waals surface area contributed by atoms with E-state index >= 15 is 0 Å². The molecular formula is C30H24ClF3N6O5S. The Morgan fingerprint density at radius 2 is 1.65 bits per heavy atom. The molecule has 2 aliphatic rings. The van der Waals surface area contributed by atoms with Gasteiger partial charge in [-0.05, 0) is 63.8 Å². The molecule has 0 spiro atoms. The predicted molar refractivity (Wildman–Crippen MR) is 161 cm³/mol. The summed E-state index contributed by atoms with van der Waals surface area (Å²) in [7, 11) is -4.35. The van der Waals surface area contributed by atoms with Crippen LogP contribution in [0.1, 0.15) is 38.3 Å². The van der Waals surface area contributed by atoms with Gasteiger partial charge in [0.2, 0.25) is 0 Å². The van der Waals surface area contributed by atoms with Gasteiger partial charge in [0.05, 0.1) is 10.7 Å². The normalized spacial score (nSPS) is 15.3. The van der Waals surface area contributed by atoms with E-state index in [0.29, 0.717) is 29.7 Å². The smallest absolute Gasteiger partial charge is 0.299 e. The quantitative estimate of drug-likeness (QED) is 0.220. The van der Waals surface area contributed by atoms with Crippen LogP contribution in [-0.2, 0) is 19.6 Å². The van der Waals surface area contributed by atoms with Crippen LogP contribution in [0.5, 0.6) is 5.75 Å². The van der Waals surface area contributed by atoms with E-state index in [1.54, 1.807) is 24.6 Å². The molecule has 6 rings (SSSR count). The van der Waals surface area contributed by atoms with E-state index < -0.39 is 56.2 Å². The first kappa shape index (κ1) is 32.5. The number of nitrogens with one attached hydrogen (secondary N) is 1. The lowest BCUT2D eigenvalue weighted by Gasteiger charge is -2.19. The van der Waals surface area contributed by atoms with Gasteiger partial charge in [0.1, 0.15) is 28.9 Å². The number of fused-ring (bicyclic) bond motifs is 1. The van der Waals surface area contributed by atoms with Crippen molar-refractivity contribution in [1.29, 1.82) is 0 Å². The van der Waals surface area contributed by atoms with Gasteiger partial charge in [0.15, 0.2) is 6.10 Å². The summed E-state index contributed by atoms with van der Waals surface area (Å²) < 4.78 is 74.1. The van der Waals surface area contributed by atoms with Gasteiger partial charge in [0, 0.05) is 29.1 Å². The zero-order chi connectivity index (χ0) is 33.3. The van der Waals surface area contributed by atoms with Crippen LogP contribution < -0.4 is 14.4 Å². The molecule has 2 aromatic carbocycles. The molecular weight excluding hydrogens is 649 g/mol. The molecule has 1 N–H and O–H groups in total. The molecule has 16 heteroatoms. The number of amides is 2. The summed E-state index contributed by atoms with van der Waals surface area (Å²) in [5.74, 6) is -1.21. The van der Waals surface area contributed by atoms with Crippen LogP contribution in [0.3, 0.4) is 0 Å². The first-order valence-corrected chi connectivity index (χ1v) is 15.6. The molecule has 4 aromatic rings. The Hall–Kier alpha value is -4.94. The zero-order valence-corrected chi connectivity index (χ0v) is 25.8. The fourth-order valence-electron chi connectivity index (χ4n) is 4.70. The van der Waals surface area contributed by atoms with Crippen molar-refractivity contribution in [3.8, 4) is 18.1 Å². The lowest BCUT2D eigenvalue weighted by Crippen LogP contribution is -2.32. The van der Waals surface area contributed by atoms with Gasteiger partial charge in [-0.15, -0.1) is 11.5 Å². The van der Waals surface area contributed by atoms with Gasteiger partial charge < -0.3 is 4.74 Å². The minimum absolute atomic E-state index is 0.0233. The topological polar surface area (TPSA) is 136 Å². The van der Waals surface area contributed by atoms with E-state index in [9.17, 15) is 31.2 Å². The summed E-state index contributed by atoms with van der Waals surface area (Å²) in [6.45, 7) is 3.33. The van der Waals surface area contributed by atoms with Gasteiger partial charge in [-0.2, -0.15) is 13.4 Å². The molecule has 1 atom stereocenters. The monoisotopic (exact) mass is 672 g/mol. The Balaban J connectivity index is 0.000000182. The molecule has 0 fully saturated rings. The van der Waals surface area contributed by atoms with Crippen LogP contribution in [0.15, 0.2) is 58.9 Å². The minimum atomic E-state index is -4.35. The number of carbonyl (C=O) groups excluding carboxylic acids is 2. The van der Waals surface area contributed by atoms with Crippen LogP contribution in [0.2, 0.25) is 5.02 Å². The molecule has 0 saturated carbocycles. The second-order valence-corrected chi connectivity index (χ2v) is 12.2. The Bertz CT molecular complexity index is 2030. The van der Waals surface area contributed by atoms with E-state index in [0.717, 1.165) is 46.5 Å². The minimum Gasteiger partial charge on any atom is -0.476 e. The molecule has 0 bridgehead atoms. The Morgan fingerprint density at radius 1 is 1.02 bits per heavy atom. The van der Waals surface area contributed by atoms with Crippen molar-refractivity contribution in [3.63, 3.8) is 0 Å². The van der Waals surface area contributed by atoms with Gasteiger partial charge in [-0.1, -0.05) is 23.6 Å². The molecule has 238 valence electrons. The third-order valence-corrected chi connectivity index (χ3v) is 8.36. The molecule has 11 nitrogen and oxygen atoms in total. The predicted octanol–water partition coefficient (Wildman–Crippen LogP) is 5.14. The highest BCUT2D eigenvalue weighted by atomic mass is 35.5. The Morgan fingerprint density at radius 3 is 2.26 bits per heavy atom. The number of imide groups is 1. The van der Waals surface area contributed by atoms with Crippen molar-refractivity contribution in [2.75, 3.05) is 9.62 Å². The average Bonchev–Trinajstić information content (AvgIpc) is 3.56. The lowest BCUT2D eigenvalue weighted by atomic mass is 9.93. The van der Waals surface area contributed by atoms with E-state index in [1.807, 2.05) is 0 Å². The second kappa shape index (κ2) is 12.8. The van der Waals surface area contributed by atoms with Crippen molar-refractivity contribution >= 4 is 50.6 Å². The number of ether oxygens (including phenoxy) is 1. The fourth-order valence-corrected chi connectivity index (χ4v) is 5.84. The van der Waals surface area contributed by atoms with Crippen LogP contribution in [0, 0.1) is 36.7 Å². The largest absolute Gasteiger partial charge is 0.476 e. The SMILES string of the molecule is C#CC(C)Oc1cc(N2C(=O)C3=C(CCCC3)C2=O)c(F)cc1Cl.Cc1ccn2nc(S(=O)(=O)Nc3c(F)cccc3F)nc2n1. The number of nitrogens with zero attached hydrogens (tertiary/aromatic N) is 5. The van der Waals surface area contributed by atoms with Crippen molar-refractivity contribution < 1.29 is 35.9 Å². The van der Waals surface area contributed by atoms with Gasteiger partial charge in [-0.25, -0.2) is 27.6 Å². The number of sulfonamides is 1.